The predicted octanol–water partition coefficient (Wildman–Crippen LogP) is 4.01. The van der Waals surface area contributed by atoms with E-state index >= 15 is 0 Å². The summed E-state index contributed by atoms with van der Waals surface area (Å²) in [6, 6.07) is 0.595. The quantitative estimate of drug-likeness (QED) is 0.800. The van der Waals surface area contributed by atoms with Crippen LogP contribution in [-0.4, -0.2) is 11.8 Å². The lowest BCUT2D eigenvalue weighted by Crippen LogP contribution is -2.26. The molecule has 0 bridgehead atoms. The van der Waals surface area contributed by atoms with E-state index in [1.165, 1.54) is 42.7 Å². The van der Waals surface area contributed by atoms with Gasteiger partial charge in [0, 0.05) is 17.5 Å². The zero-order valence-electron chi connectivity index (χ0n) is 11.7. The normalized spacial score (nSPS) is 19.5. The van der Waals surface area contributed by atoms with Crippen molar-refractivity contribution in [2.75, 3.05) is 11.1 Å². The molecule has 0 amide bonds. The van der Waals surface area contributed by atoms with Crippen LogP contribution in [0.3, 0.4) is 0 Å². The number of carbonyl (C=O) groups excluding carboxylic acids is 1. The lowest BCUT2D eigenvalue weighted by molar-refractivity contribution is 0.0944. The molecule has 0 atom stereocenters. The van der Waals surface area contributed by atoms with E-state index in [4.69, 9.17) is 5.73 Å². The summed E-state index contributed by atoms with van der Waals surface area (Å²) >= 11 is 1.58. The largest absolute Gasteiger partial charge is 0.397 e. The first-order chi connectivity index (χ1) is 9.08. The summed E-state index contributed by atoms with van der Waals surface area (Å²) in [7, 11) is 0. The number of hydrogen-bond acceptors (Lipinski definition) is 4. The van der Waals surface area contributed by atoms with Gasteiger partial charge in [-0.3, -0.25) is 4.79 Å². The van der Waals surface area contributed by atoms with Gasteiger partial charge in [0.05, 0.1) is 15.6 Å². The number of rotatable bonds is 5. The molecule has 0 saturated heterocycles. The van der Waals surface area contributed by atoms with Crippen molar-refractivity contribution in [2.24, 2.45) is 5.92 Å². The molecule has 2 saturated carbocycles. The first-order valence-electron chi connectivity index (χ1n) is 7.30. The molecule has 3 nitrogen and oxygen atoms in total. The molecule has 0 aromatic carbocycles. The van der Waals surface area contributed by atoms with Gasteiger partial charge in [0.15, 0.2) is 5.78 Å². The maximum absolute atomic E-state index is 12.2. The zero-order chi connectivity index (χ0) is 13.6. The number of carbonyl (C=O) groups is 1. The van der Waals surface area contributed by atoms with Gasteiger partial charge in [-0.05, 0) is 38.0 Å². The highest BCUT2D eigenvalue weighted by Crippen LogP contribution is 2.51. The second-order valence-electron chi connectivity index (χ2n) is 6.15. The third-order valence-electron chi connectivity index (χ3n) is 4.16. The van der Waals surface area contributed by atoms with E-state index in [1.54, 1.807) is 11.3 Å². The van der Waals surface area contributed by atoms with Crippen molar-refractivity contribution in [1.82, 2.24) is 0 Å². The third kappa shape index (κ3) is 2.38. The van der Waals surface area contributed by atoms with Crippen LogP contribution in [0.2, 0.25) is 0 Å². The maximum Gasteiger partial charge on any atom is 0.177 e. The number of anilines is 2. The molecule has 4 heteroatoms. The molecule has 0 radical (unpaired) electrons. The fourth-order valence-electron chi connectivity index (χ4n) is 2.52. The van der Waals surface area contributed by atoms with E-state index in [9.17, 15) is 4.79 Å². The van der Waals surface area contributed by atoms with Crippen LogP contribution in [0.25, 0.3) is 0 Å². The Labute approximate surface area is 118 Å². The average Bonchev–Trinajstić information content (AvgIpc) is 3.08. The molecule has 1 aromatic heterocycles. The smallest absolute Gasteiger partial charge is 0.177 e. The molecule has 3 N–H and O–H groups in total. The number of ketones is 1. The fraction of sp³-hybridized carbons (Fsp3) is 0.667. The number of Topliss-reactive ketones (excluding diaryl/α,β-unsaturated/α-hetero) is 1. The van der Waals surface area contributed by atoms with Gasteiger partial charge in [-0.15, -0.1) is 11.3 Å². The van der Waals surface area contributed by atoms with Gasteiger partial charge < -0.3 is 11.1 Å². The van der Waals surface area contributed by atoms with Crippen molar-refractivity contribution in [3.63, 3.8) is 0 Å². The number of thiophene rings is 1. The Morgan fingerprint density at radius 3 is 2.47 bits per heavy atom. The van der Waals surface area contributed by atoms with Crippen LogP contribution in [0, 0.1) is 5.92 Å². The van der Waals surface area contributed by atoms with Gasteiger partial charge >= 0.3 is 0 Å². The Morgan fingerprint density at radius 1 is 1.32 bits per heavy atom. The Bertz CT molecular complexity index is 498. The lowest BCUT2D eigenvalue weighted by atomic mass is 9.93. The summed E-state index contributed by atoms with van der Waals surface area (Å²) in [5.41, 5.74) is 8.26. The van der Waals surface area contributed by atoms with Crippen molar-refractivity contribution < 1.29 is 4.79 Å². The highest BCUT2D eigenvalue weighted by Gasteiger charge is 2.34. The van der Waals surface area contributed by atoms with E-state index in [0.717, 1.165) is 10.6 Å². The van der Waals surface area contributed by atoms with E-state index in [2.05, 4.69) is 5.32 Å². The summed E-state index contributed by atoms with van der Waals surface area (Å²) in [5, 5.41) is 4.78. The van der Waals surface area contributed by atoms with Crippen molar-refractivity contribution >= 4 is 27.8 Å². The van der Waals surface area contributed by atoms with E-state index < -0.39 is 0 Å². The molecule has 2 aliphatic carbocycles. The first-order valence-corrected chi connectivity index (χ1v) is 8.12. The monoisotopic (exact) mass is 278 g/mol. The Balaban J connectivity index is 1.92. The first kappa shape index (κ1) is 13.0. The fourth-order valence-corrected chi connectivity index (χ4v) is 3.90. The van der Waals surface area contributed by atoms with Crippen LogP contribution < -0.4 is 11.1 Å². The Kier molecular flexibility index (Phi) is 3.29. The average molecular weight is 278 g/mol. The minimum absolute atomic E-state index is 0.0181. The molecule has 2 fully saturated rings. The van der Waals surface area contributed by atoms with Gasteiger partial charge in [-0.1, -0.05) is 13.8 Å². The number of hydrogen-bond donors (Lipinski definition) is 2. The summed E-state index contributed by atoms with van der Waals surface area (Å²) in [6.07, 6.45) is 6.24. The van der Waals surface area contributed by atoms with Gasteiger partial charge in [0.25, 0.3) is 0 Å². The van der Waals surface area contributed by atoms with Crippen LogP contribution in [0.1, 0.15) is 67.1 Å². The summed E-state index contributed by atoms with van der Waals surface area (Å²) in [5.74, 6) is 0.795. The van der Waals surface area contributed by atoms with Crippen LogP contribution in [-0.2, 0) is 0 Å². The topological polar surface area (TPSA) is 55.1 Å². The molecule has 3 rings (SSSR count). The lowest BCUT2D eigenvalue weighted by Gasteiger charge is -2.27. The van der Waals surface area contributed by atoms with Crippen LogP contribution in [0.4, 0.5) is 10.7 Å². The van der Waals surface area contributed by atoms with Gasteiger partial charge in [0.1, 0.15) is 0 Å². The molecule has 1 aromatic rings. The van der Waals surface area contributed by atoms with Crippen LogP contribution in [0.15, 0.2) is 0 Å². The van der Waals surface area contributed by atoms with Crippen molar-refractivity contribution in [3.8, 4) is 0 Å². The molecule has 0 unspecified atom stereocenters. The molecule has 0 spiro atoms. The second kappa shape index (κ2) is 4.82. The molecular weight excluding hydrogens is 256 g/mol. The minimum Gasteiger partial charge on any atom is -0.397 e. The molecule has 19 heavy (non-hydrogen) atoms. The predicted molar refractivity (Wildman–Crippen MR) is 81.1 cm³/mol. The van der Waals surface area contributed by atoms with Crippen LogP contribution in [0.5, 0.6) is 0 Å². The van der Waals surface area contributed by atoms with Crippen molar-refractivity contribution in [3.05, 3.63) is 10.4 Å². The highest BCUT2D eigenvalue weighted by molar-refractivity contribution is 7.18. The molecule has 0 aliphatic heterocycles. The van der Waals surface area contributed by atoms with E-state index in [-0.39, 0.29) is 11.7 Å². The number of nitrogen functional groups attached to an aromatic ring is 1. The van der Waals surface area contributed by atoms with Gasteiger partial charge in [-0.25, -0.2) is 0 Å². The maximum atomic E-state index is 12.2. The summed E-state index contributed by atoms with van der Waals surface area (Å²) < 4.78 is 0. The van der Waals surface area contributed by atoms with Crippen molar-refractivity contribution in [2.45, 2.75) is 57.9 Å². The van der Waals surface area contributed by atoms with E-state index in [1.807, 2.05) is 13.8 Å². The Morgan fingerprint density at radius 2 is 2.00 bits per heavy atom. The Hall–Kier alpha value is -1.03. The second-order valence-corrected chi connectivity index (χ2v) is 7.17. The van der Waals surface area contributed by atoms with Crippen LogP contribution >= 0.6 is 11.3 Å². The molecule has 2 aliphatic rings. The summed E-state index contributed by atoms with van der Waals surface area (Å²) in [4.78, 5) is 13.0. The zero-order valence-corrected chi connectivity index (χ0v) is 12.5. The molecular formula is C15H22N2OS. The SMILES string of the molecule is CC(C)C(=O)c1sc(NC2CCC2)c(C2CC2)c1N. The van der Waals surface area contributed by atoms with Gasteiger partial charge in [0.2, 0.25) is 0 Å². The third-order valence-corrected chi connectivity index (χ3v) is 5.32. The van der Waals surface area contributed by atoms with E-state index in [0.29, 0.717) is 12.0 Å². The summed E-state index contributed by atoms with van der Waals surface area (Å²) in [6.45, 7) is 3.88. The van der Waals surface area contributed by atoms with Gasteiger partial charge in [-0.2, -0.15) is 0 Å². The number of nitrogens with two attached hydrogens (primary N) is 1. The minimum atomic E-state index is 0.0181. The standard InChI is InChI=1S/C15H22N2OS/c1-8(2)13(18)14-12(16)11(9-6-7-9)15(19-14)17-10-4-3-5-10/h8-10,17H,3-7,16H2,1-2H3. The van der Waals surface area contributed by atoms with Crippen molar-refractivity contribution in [1.29, 1.82) is 0 Å². The number of nitrogens with one attached hydrogen (secondary N) is 1. The molecule has 104 valence electrons. The molecule has 1 heterocycles. The highest BCUT2D eigenvalue weighted by atomic mass is 32.1.